The minimum absolute atomic E-state index is 0.0786. The molecule has 33 heavy (non-hydrogen) atoms. The lowest BCUT2D eigenvalue weighted by Crippen LogP contribution is -2.26. The highest BCUT2D eigenvalue weighted by molar-refractivity contribution is 9.10. The number of aryl methyl sites for hydroxylation is 2. The van der Waals surface area contributed by atoms with Crippen LogP contribution in [0, 0.1) is 0 Å². The van der Waals surface area contributed by atoms with Crippen molar-refractivity contribution in [2.75, 3.05) is 11.4 Å². The Morgan fingerprint density at radius 1 is 1.12 bits per heavy atom. The third kappa shape index (κ3) is 4.74. The van der Waals surface area contributed by atoms with E-state index in [9.17, 15) is 9.90 Å². The standard InChI is InChI=1S/C26H26BrN3O3/c27-20-8-3-7-19(13-20)24-9-4-12-30(24)26-28-15-22(25(31)32)23(29-26)16-33-21-11-10-17-5-1-2-6-18(17)14-21/h3,7-8,10-11,13-15,24H,1-2,4-6,9,12,16H2,(H,31,32). The number of halogens is 1. The summed E-state index contributed by atoms with van der Waals surface area (Å²) in [6.07, 6.45) is 8.05. The summed E-state index contributed by atoms with van der Waals surface area (Å²) in [7, 11) is 0. The number of hydrogen-bond acceptors (Lipinski definition) is 5. The number of anilines is 1. The molecule has 1 unspecified atom stereocenters. The summed E-state index contributed by atoms with van der Waals surface area (Å²) >= 11 is 3.56. The average molecular weight is 508 g/mol. The zero-order chi connectivity index (χ0) is 22.8. The molecule has 0 radical (unpaired) electrons. The van der Waals surface area contributed by atoms with Gasteiger partial charge < -0.3 is 14.7 Å². The predicted octanol–water partition coefficient (Wildman–Crippen LogP) is 5.74. The molecule has 2 aromatic carbocycles. The third-order valence-electron chi connectivity index (χ3n) is 6.52. The molecule has 1 saturated heterocycles. The van der Waals surface area contributed by atoms with Gasteiger partial charge in [-0.2, -0.15) is 0 Å². The molecule has 0 bridgehead atoms. The van der Waals surface area contributed by atoms with Crippen molar-refractivity contribution in [3.05, 3.63) is 81.1 Å². The number of carboxylic acid groups (broad SMARTS) is 1. The Balaban J connectivity index is 1.40. The molecule has 5 rings (SSSR count). The fraction of sp³-hybridized carbons (Fsp3) is 0.346. The highest BCUT2D eigenvalue weighted by Gasteiger charge is 2.29. The monoisotopic (exact) mass is 507 g/mol. The maximum absolute atomic E-state index is 11.8. The molecule has 0 amide bonds. The highest BCUT2D eigenvalue weighted by atomic mass is 79.9. The number of benzene rings is 2. The summed E-state index contributed by atoms with van der Waals surface area (Å²) in [6.45, 7) is 0.917. The summed E-state index contributed by atoms with van der Waals surface area (Å²) in [6, 6.07) is 14.6. The first-order valence-corrected chi connectivity index (χ1v) is 12.2. The van der Waals surface area contributed by atoms with Gasteiger partial charge in [0.05, 0.1) is 11.7 Å². The zero-order valence-electron chi connectivity index (χ0n) is 18.3. The number of aromatic carboxylic acids is 1. The van der Waals surface area contributed by atoms with Gasteiger partial charge in [-0.3, -0.25) is 0 Å². The van der Waals surface area contributed by atoms with E-state index in [0.717, 1.165) is 42.5 Å². The zero-order valence-corrected chi connectivity index (χ0v) is 19.9. The Labute approximate surface area is 201 Å². The van der Waals surface area contributed by atoms with Crippen molar-refractivity contribution in [1.82, 2.24) is 9.97 Å². The van der Waals surface area contributed by atoms with Gasteiger partial charge in [0.15, 0.2) is 0 Å². The van der Waals surface area contributed by atoms with Crippen LogP contribution in [0.1, 0.15) is 64.5 Å². The first-order chi connectivity index (χ1) is 16.1. The van der Waals surface area contributed by atoms with Crippen LogP contribution >= 0.6 is 15.9 Å². The van der Waals surface area contributed by atoms with Gasteiger partial charge in [-0.1, -0.05) is 34.1 Å². The van der Waals surface area contributed by atoms with E-state index in [-0.39, 0.29) is 18.2 Å². The molecule has 2 heterocycles. The number of aromatic nitrogens is 2. The molecule has 1 aliphatic heterocycles. The number of fused-ring (bicyclic) bond motifs is 1. The number of carboxylic acids is 1. The molecular weight excluding hydrogens is 482 g/mol. The van der Waals surface area contributed by atoms with Crippen LogP contribution in [0.25, 0.3) is 0 Å². The molecule has 2 aliphatic rings. The average Bonchev–Trinajstić information content (AvgIpc) is 3.32. The van der Waals surface area contributed by atoms with Crippen molar-refractivity contribution < 1.29 is 14.6 Å². The van der Waals surface area contributed by atoms with Crippen LogP contribution in [0.15, 0.2) is 53.1 Å². The van der Waals surface area contributed by atoms with Crippen molar-refractivity contribution in [2.24, 2.45) is 0 Å². The maximum Gasteiger partial charge on any atom is 0.339 e. The summed E-state index contributed by atoms with van der Waals surface area (Å²) < 4.78 is 7.05. The molecule has 1 N–H and O–H groups in total. The highest BCUT2D eigenvalue weighted by Crippen LogP contribution is 2.35. The van der Waals surface area contributed by atoms with Crippen LogP contribution < -0.4 is 9.64 Å². The number of nitrogens with zero attached hydrogens (tertiary/aromatic N) is 3. The van der Waals surface area contributed by atoms with Crippen LogP contribution in [-0.2, 0) is 19.4 Å². The summed E-state index contributed by atoms with van der Waals surface area (Å²) in [5.74, 6) is 0.252. The van der Waals surface area contributed by atoms with Gasteiger partial charge >= 0.3 is 5.97 Å². The largest absolute Gasteiger partial charge is 0.487 e. The van der Waals surface area contributed by atoms with Gasteiger partial charge in [0.25, 0.3) is 0 Å². The van der Waals surface area contributed by atoms with E-state index < -0.39 is 5.97 Å². The second-order valence-corrected chi connectivity index (χ2v) is 9.58. The Morgan fingerprint density at radius 3 is 2.79 bits per heavy atom. The van der Waals surface area contributed by atoms with E-state index >= 15 is 0 Å². The van der Waals surface area contributed by atoms with Crippen LogP contribution in [0.5, 0.6) is 5.75 Å². The Bertz CT molecular complexity index is 1180. The van der Waals surface area contributed by atoms with Crippen molar-refractivity contribution in [3.8, 4) is 5.75 Å². The first-order valence-electron chi connectivity index (χ1n) is 11.4. The molecule has 1 atom stereocenters. The van der Waals surface area contributed by atoms with Crippen LogP contribution in [0.2, 0.25) is 0 Å². The minimum Gasteiger partial charge on any atom is -0.487 e. The van der Waals surface area contributed by atoms with E-state index in [1.54, 1.807) is 0 Å². The van der Waals surface area contributed by atoms with Crippen LogP contribution in [0.4, 0.5) is 5.95 Å². The summed E-state index contributed by atoms with van der Waals surface area (Å²) in [4.78, 5) is 23.1. The molecule has 1 aromatic heterocycles. The lowest BCUT2D eigenvalue weighted by molar-refractivity contribution is 0.0692. The number of ether oxygens (including phenoxy) is 1. The SMILES string of the molecule is O=C(O)c1cnc(N2CCCC2c2cccc(Br)c2)nc1COc1ccc2c(c1)CCCC2. The van der Waals surface area contributed by atoms with Gasteiger partial charge in [0, 0.05) is 17.2 Å². The van der Waals surface area contributed by atoms with Gasteiger partial charge in [-0.05, 0) is 79.5 Å². The molecule has 1 aliphatic carbocycles. The second-order valence-electron chi connectivity index (χ2n) is 8.67. The lowest BCUT2D eigenvalue weighted by atomic mass is 9.92. The van der Waals surface area contributed by atoms with Crippen molar-refractivity contribution in [1.29, 1.82) is 0 Å². The molecular formula is C26H26BrN3O3. The molecule has 1 fully saturated rings. The Hall–Kier alpha value is -2.93. The molecule has 0 spiro atoms. The number of hydrogen-bond donors (Lipinski definition) is 1. The van der Waals surface area contributed by atoms with Gasteiger partial charge in [0.1, 0.15) is 17.9 Å². The number of carbonyl (C=O) groups is 1. The fourth-order valence-electron chi connectivity index (χ4n) is 4.85. The Morgan fingerprint density at radius 2 is 1.97 bits per heavy atom. The normalized spacial score (nSPS) is 17.6. The number of rotatable bonds is 6. The topological polar surface area (TPSA) is 75.5 Å². The van der Waals surface area contributed by atoms with E-state index in [1.165, 1.54) is 35.7 Å². The van der Waals surface area contributed by atoms with Crippen LogP contribution in [-0.4, -0.2) is 27.6 Å². The van der Waals surface area contributed by atoms with Crippen molar-refractivity contribution in [2.45, 2.75) is 51.2 Å². The lowest BCUT2D eigenvalue weighted by Gasteiger charge is -2.25. The smallest absolute Gasteiger partial charge is 0.339 e. The second kappa shape index (κ2) is 9.51. The molecule has 3 aromatic rings. The van der Waals surface area contributed by atoms with Crippen LogP contribution in [0.3, 0.4) is 0 Å². The molecule has 7 heteroatoms. The quantitative estimate of drug-likeness (QED) is 0.458. The van der Waals surface area contributed by atoms with Gasteiger partial charge in [-0.15, -0.1) is 0 Å². The fourth-order valence-corrected chi connectivity index (χ4v) is 5.27. The molecule has 0 saturated carbocycles. The van der Waals surface area contributed by atoms with E-state index in [4.69, 9.17) is 4.74 Å². The van der Waals surface area contributed by atoms with Gasteiger partial charge in [-0.25, -0.2) is 14.8 Å². The molecule has 170 valence electrons. The summed E-state index contributed by atoms with van der Waals surface area (Å²) in [5, 5.41) is 9.68. The Kier molecular flexibility index (Phi) is 6.31. The molecule has 6 nitrogen and oxygen atoms in total. The van der Waals surface area contributed by atoms with Gasteiger partial charge in [0.2, 0.25) is 5.95 Å². The first kappa shape index (κ1) is 21.9. The predicted molar refractivity (Wildman–Crippen MR) is 130 cm³/mol. The van der Waals surface area contributed by atoms with E-state index in [2.05, 4.69) is 55.1 Å². The van der Waals surface area contributed by atoms with E-state index in [0.29, 0.717) is 11.6 Å². The van der Waals surface area contributed by atoms with E-state index in [1.807, 2.05) is 18.2 Å². The maximum atomic E-state index is 11.8. The van der Waals surface area contributed by atoms with Crippen molar-refractivity contribution >= 4 is 27.8 Å². The third-order valence-corrected chi connectivity index (χ3v) is 7.02. The minimum atomic E-state index is -1.05. The summed E-state index contributed by atoms with van der Waals surface area (Å²) in [5.41, 5.74) is 4.38. The van der Waals surface area contributed by atoms with Crippen molar-refractivity contribution in [3.63, 3.8) is 0 Å².